The molecule has 0 aliphatic carbocycles. The fourth-order valence-corrected chi connectivity index (χ4v) is 2.09. The quantitative estimate of drug-likeness (QED) is 0.839. The van der Waals surface area contributed by atoms with Gasteiger partial charge in [0.2, 0.25) is 0 Å². The van der Waals surface area contributed by atoms with Gasteiger partial charge in [0.1, 0.15) is 0 Å². The molecule has 0 aliphatic rings. The van der Waals surface area contributed by atoms with Crippen molar-refractivity contribution in [2.75, 3.05) is 6.54 Å². The van der Waals surface area contributed by atoms with E-state index in [1.54, 1.807) is 0 Å². The number of hydrogen-bond acceptors (Lipinski definition) is 1. The molecule has 1 unspecified atom stereocenters. The van der Waals surface area contributed by atoms with Gasteiger partial charge in [-0.25, -0.2) is 0 Å². The molecule has 0 heterocycles. The lowest BCUT2D eigenvalue weighted by Gasteiger charge is -2.16. The largest absolute Gasteiger partial charge is 0.330 e. The van der Waals surface area contributed by atoms with Crippen molar-refractivity contribution in [1.82, 2.24) is 0 Å². The Labute approximate surface area is 108 Å². The van der Waals surface area contributed by atoms with Crippen LogP contribution in [0.5, 0.6) is 0 Å². The molecule has 1 atom stereocenters. The molecule has 0 amide bonds. The fraction of sp³-hybridized carbons (Fsp3) is 0.571. The highest BCUT2D eigenvalue weighted by Crippen LogP contribution is 2.18. The first kappa shape index (κ1) is 13.7. The van der Waals surface area contributed by atoms with Gasteiger partial charge in [-0.1, -0.05) is 48.3 Å². The molecule has 0 saturated heterocycles. The van der Waals surface area contributed by atoms with Crippen LogP contribution in [-0.4, -0.2) is 6.54 Å². The summed E-state index contributed by atoms with van der Waals surface area (Å²) in [5, 5.41) is 0. The monoisotopic (exact) mass is 283 g/mol. The molecule has 90 valence electrons. The predicted octanol–water partition coefficient (Wildman–Crippen LogP) is 4.00. The molecule has 0 fully saturated rings. The molecule has 16 heavy (non-hydrogen) atoms. The van der Waals surface area contributed by atoms with Crippen LogP contribution in [0.15, 0.2) is 28.7 Å². The third-order valence-electron chi connectivity index (χ3n) is 2.92. The Hall–Kier alpha value is -0.340. The normalized spacial score (nSPS) is 13.1. The molecular weight excluding hydrogens is 262 g/mol. The molecule has 0 bridgehead atoms. The van der Waals surface area contributed by atoms with Crippen LogP contribution in [0.3, 0.4) is 0 Å². The minimum atomic E-state index is 0.628. The summed E-state index contributed by atoms with van der Waals surface area (Å²) in [4.78, 5) is 0. The van der Waals surface area contributed by atoms with Gasteiger partial charge in [-0.05, 0) is 48.9 Å². The lowest BCUT2D eigenvalue weighted by Crippen LogP contribution is -2.17. The van der Waals surface area contributed by atoms with Crippen molar-refractivity contribution in [1.29, 1.82) is 0 Å². The molecule has 2 N–H and O–H groups in total. The van der Waals surface area contributed by atoms with Crippen LogP contribution in [0.2, 0.25) is 0 Å². The highest BCUT2D eigenvalue weighted by atomic mass is 79.9. The van der Waals surface area contributed by atoms with Gasteiger partial charge in [-0.2, -0.15) is 0 Å². The van der Waals surface area contributed by atoms with Crippen LogP contribution in [0, 0.1) is 11.8 Å². The van der Waals surface area contributed by atoms with Crippen molar-refractivity contribution >= 4 is 15.9 Å². The van der Waals surface area contributed by atoms with Crippen LogP contribution in [-0.2, 0) is 6.42 Å². The van der Waals surface area contributed by atoms with Gasteiger partial charge in [-0.3, -0.25) is 0 Å². The zero-order valence-electron chi connectivity index (χ0n) is 10.2. The average Bonchev–Trinajstić information content (AvgIpc) is 2.26. The van der Waals surface area contributed by atoms with E-state index >= 15 is 0 Å². The smallest absolute Gasteiger partial charge is 0.0175 e. The van der Waals surface area contributed by atoms with Crippen molar-refractivity contribution in [2.24, 2.45) is 17.6 Å². The predicted molar refractivity (Wildman–Crippen MR) is 74.5 cm³/mol. The summed E-state index contributed by atoms with van der Waals surface area (Å²) >= 11 is 3.45. The van der Waals surface area contributed by atoms with Crippen molar-refractivity contribution in [3.05, 3.63) is 34.3 Å². The summed E-state index contributed by atoms with van der Waals surface area (Å²) < 4.78 is 1.14. The van der Waals surface area contributed by atoms with E-state index in [4.69, 9.17) is 5.73 Å². The van der Waals surface area contributed by atoms with E-state index in [-0.39, 0.29) is 0 Å². The number of halogens is 1. The Bertz CT molecular complexity index is 292. The van der Waals surface area contributed by atoms with Crippen LogP contribution in [0.4, 0.5) is 0 Å². The van der Waals surface area contributed by atoms with Crippen LogP contribution < -0.4 is 5.73 Å². The number of hydrogen-bond donors (Lipinski definition) is 1. The van der Waals surface area contributed by atoms with E-state index in [1.807, 2.05) is 0 Å². The number of nitrogens with two attached hydrogens (primary N) is 1. The molecule has 0 aromatic heterocycles. The molecule has 0 aliphatic heterocycles. The van der Waals surface area contributed by atoms with Gasteiger partial charge >= 0.3 is 0 Å². The van der Waals surface area contributed by atoms with Gasteiger partial charge in [0.05, 0.1) is 0 Å². The molecule has 1 aromatic carbocycles. The highest BCUT2D eigenvalue weighted by Gasteiger charge is 2.08. The third kappa shape index (κ3) is 5.13. The molecule has 1 rings (SSSR count). The van der Waals surface area contributed by atoms with Crippen molar-refractivity contribution in [3.63, 3.8) is 0 Å². The lowest BCUT2D eigenvalue weighted by molar-refractivity contribution is 0.428. The van der Waals surface area contributed by atoms with Gasteiger partial charge in [0.15, 0.2) is 0 Å². The van der Waals surface area contributed by atoms with Gasteiger partial charge in [0, 0.05) is 4.47 Å². The fourth-order valence-electron chi connectivity index (χ4n) is 1.83. The van der Waals surface area contributed by atoms with Gasteiger partial charge in [0.25, 0.3) is 0 Å². The van der Waals surface area contributed by atoms with Crippen LogP contribution in [0.1, 0.15) is 32.3 Å². The Morgan fingerprint density at radius 3 is 2.25 bits per heavy atom. The maximum absolute atomic E-state index is 5.83. The van der Waals surface area contributed by atoms with E-state index in [0.29, 0.717) is 5.92 Å². The standard InChI is InChI=1S/C14H22BrN/c1-11(2)3-4-13(10-16)9-12-5-7-14(15)8-6-12/h5-8,11,13H,3-4,9-10,16H2,1-2H3. The summed E-state index contributed by atoms with van der Waals surface area (Å²) in [6, 6.07) is 8.57. The number of benzene rings is 1. The topological polar surface area (TPSA) is 26.0 Å². The first-order valence-electron chi connectivity index (χ1n) is 6.06. The SMILES string of the molecule is CC(C)CCC(CN)Cc1ccc(Br)cc1. The minimum absolute atomic E-state index is 0.628. The minimum Gasteiger partial charge on any atom is -0.330 e. The Balaban J connectivity index is 2.46. The van der Waals surface area contributed by atoms with E-state index in [1.165, 1.54) is 18.4 Å². The van der Waals surface area contributed by atoms with Gasteiger partial charge in [-0.15, -0.1) is 0 Å². The average molecular weight is 284 g/mol. The highest BCUT2D eigenvalue weighted by molar-refractivity contribution is 9.10. The Morgan fingerprint density at radius 1 is 1.12 bits per heavy atom. The molecule has 1 nitrogen and oxygen atoms in total. The Morgan fingerprint density at radius 2 is 1.75 bits per heavy atom. The third-order valence-corrected chi connectivity index (χ3v) is 3.45. The van der Waals surface area contributed by atoms with Crippen molar-refractivity contribution < 1.29 is 0 Å². The second-order valence-corrected chi connectivity index (χ2v) is 5.82. The molecule has 0 saturated carbocycles. The van der Waals surface area contributed by atoms with E-state index in [9.17, 15) is 0 Å². The van der Waals surface area contributed by atoms with E-state index < -0.39 is 0 Å². The summed E-state index contributed by atoms with van der Waals surface area (Å²) in [5.41, 5.74) is 7.22. The molecule has 2 heteroatoms. The summed E-state index contributed by atoms with van der Waals surface area (Å²) in [5.74, 6) is 1.41. The first-order chi connectivity index (χ1) is 7.61. The molecule has 0 spiro atoms. The first-order valence-corrected chi connectivity index (χ1v) is 6.85. The summed E-state index contributed by atoms with van der Waals surface area (Å²) in [6.07, 6.45) is 3.62. The zero-order valence-corrected chi connectivity index (χ0v) is 11.8. The van der Waals surface area contributed by atoms with Crippen molar-refractivity contribution in [2.45, 2.75) is 33.1 Å². The molecular formula is C14H22BrN. The van der Waals surface area contributed by atoms with E-state index in [0.717, 1.165) is 23.4 Å². The summed E-state index contributed by atoms with van der Waals surface area (Å²) in [6.45, 7) is 5.34. The number of rotatable bonds is 6. The molecule has 0 radical (unpaired) electrons. The van der Waals surface area contributed by atoms with Crippen LogP contribution >= 0.6 is 15.9 Å². The summed E-state index contributed by atoms with van der Waals surface area (Å²) in [7, 11) is 0. The van der Waals surface area contributed by atoms with Crippen LogP contribution in [0.25, 0.3) is 0 Å². The van der Waals surface area contributed by atoms with Crippen molar-refractivity contribution in [3.8, 4) is 0 Å². The lowest BCUT2D eigenvalue weighted by atomic mass is 9.92. The van der Waals surface area contributed by atoms with E-state index in [2.05, 4.69) is 54.0 Å². The molecule has 1 aromatic rings. The second kappa shape index (κ2) is 7.08. The maximum Gasteiger partial charge on any atom is 0.0175 e. The van der Waals surface area contributed by atoms with Gasteiger partial charge < -0.3 is 5.73 Å². The maximum atomic E-state index is 5.83. The Kier molecular flexibility index (Phi) is 6.07. The zero-order chi connectivity index (χ0) is 12.0. The second-order valence-electron chi connectivity index (χ2n) is 4.90.